The fourth-order valence-corrected chi connectivity index (χ4v) is 1.72. The van der Waals surface area contributed by atoms with Gasteiger partial charge in [-0.25, -0.2) is 0 Å². The van der Waals surface area contributed by atoms with Crippen LogP contribution in [0.15, 0.2) is 48.5 Å². The maximum atomic E-state index is 12.1. The molecule has 106 valence electrons. The van der Waals surface area contributed by atoms with E-state index < -0.39 is 0 Å². The Labute approximate surface area is 122 Å². The maximum absolute atomic E-state index is 12.1. The van der Waals surface area contributed by atoms with E-state index in [2.05, 4.69) is 5.32 Å². The van der Waals surface area contributed by atoms with Crippen molar-refractivity contribution in [2.24, 2.45) is 0 Å². The average Bonchev–Trinajstić information content (AvgIpc) is 2.54. The van der Waals surface area contributed by atoms with Crippen LogP contribution in [0.1, 0.15) is 10.4 Å². The lowest BCUT2D eigenvalue weighted by molar-refractivity contribution is 0.102. The minimum absolute atomic E-state index is 0.00445. The smallest absolute Gasteiger partial charge is 0.255 e. The lowest BCUT2D eigenvalue weighted by Crippen LogP contribution is -2.11. The van der Waals surface area contributed by atoms with Gasteiger partial charge in [0.15, 0.2) is 6.61 Å². The number of nitrogens with zero attached hydrogens (tertiary/aromatic N) is 1. The van der Waals surface area contributed by atoms with E-state index in [1.54, 1.807) is 55.6 Å². The van der Waals surface area contributed by atoms with Gasteiger partial charge in [0.05, 0.1) is 7.11 Å². The van der Waals surface area contributed by atoms with E-state index in [0.717, 1.165) is 0 Å². The SMILES string of the molecule is COc1cccc(C(=O)Nc2ccc(OCC#N)cc2)c1. The highest BCUT2D eigenvalue weighted by Gasteiger charge is 2.07. The van der Waals surface area contributed by atoms with Crippen LogP contribution < -0.4 is 14.8 Å². The third kappa shape index (κ3) is 3.98. The average molecular weight is 282 g/mol. The number of methoxy groups -OCH3 is 1. The largest absolute Gasteiger partial charge is 0.497 e. The van der Waals surface area contributed by atoms with Gasteiger partial charge in [0, 0.05) is 11.3 Å². The Bertz CT molecular complexity index is 660. The fraction of sp³-hybridized carbons (Fsp3) is 0.125. The second-order valence-corrected chi connectivity index (χ2v) is 4.16. The number of amides is 1. The van der Waals surface area contributed by atoms with Gasteiger partial charge in [0.25, 0.3) is 5.91 Å². The van der Waals surface area contributed by atoms with E-state index in [4.69, 9.17) is 14.7 Å². The molecule has 0 aromatic heterocycles. The Balaban J connectivity index is 2.03. The number of rotatable bonds is 5. The molecule has 0 aliphatic rings. The molecular weight excluding hydrogens is 268 g/mol. The van der Waals surface area contributed by atoms with Crippen LogP contribution in [0.2, 0.25) is 0 Å². The zero-order valence-corrected chi connectivity index (χ0v) is 11.5. The molecule has 0 saturated carbocycles. The molecule has 0 atom stereocenters. The second-order valence-electron chi connectivity index (χ2n) is 4.16. The number of ether oxygens (including phenoxy) is 2. The van der Waals surface area contributed by atoms with Crippen LogP contribution in [0, 0.1) is 11.3 Å². The molecule has 5 nitrogen and oxygen atoms in total. The summed E-state index contributed by atoms with van der Waals surface area (Å²) >= 11 is 0. The van der Waals surface area contributed by atoms with Gasteiger partial charge in [-0.05, 0) is 42.5 Å². The van der Waals surface area contributed by atoms with Crippen LogP contribution in [0.5, 0.6) is 11.5 Å². The number of nitriles is 1. The van der Waals surface area contributed by atoms with Gasteiger partial charge in [0.1, 0.15) is 17.6 Å². The highest BCUT2D eigenvalue weighted by Crippen LogP contribution is 2.18. The molecule has 5 heteroatoms. The van der Waals surface area contributed by atoms with Crippen molar-refractivity contribution < 1.29 is 14.3 Å². The Hall–Kier alpha value is -3.00. The van der Waals surface area contributed by atoms with Crippen LogP contribution >= 0.6 is 0 Å². The quantitative estimate of drug-likeness (QED) is 0.915. The molecule has 0 unspecified atom stereocenters. The number of carbonyl (C=O) groups excluding carboxylic acids is 1. The molecule has 2 rings (SSSR count). The summed E-state index contributed by atoms with van der Waals surface area (Å²) in [6.07, 6.45) is 0. The maximum Gasteiger partial charge on any atom is 0.255 e. The number of carbonyl (C=O) groups is 1. The molecule has 0 saturated heterocycles. The molecule has 0 spiro atoms. The van der Waals surface area contributed by atoms with E-state index in [0.29, 0.717) is 22.7 Å². The van der Waals surface area contributed by atoms with Gasteiger partial charge >= 0.3 is 0 Å². The summed E-state index contributed by atoms with van der Waals surface area (Å²) in [5, 5.41) is 11.2. The summed E-state index contributed by atoms with van der Waals surface area (Å²) in [6.45, 7) is -0.00445. The highest BCUT2D eigenvalue weighted by molar-refractivity contribution is 6.04. The Morgan fingerprint density at radius 3 is 2.62 bits per heavy atom. The minimum atomic E-state index is -0.223. The standard InChI is InChI=1S/C16H14N2O3/c1-20-15-4-2-3-12(11-15)16(19)18-13-5-7-14(8-6-13)21-10-9-17/h2-8,11H,10H2,1H3,(H,18,19). The summed E-state index contributed by atoms with van der Waals surface area (Å²) in [6, 6.07) is 15.6. The molecule has 0 fully saturated rings. The first kappa shape index (κ1) is 14.4. The van der Waals surface area contributed by atoms with Crippen LogP contribution in [-0.4, -0.2) is 19.6 Å². The summed E-state index contributed by atoms with van der Waals surface area (Å²) < 4.78 is 10.2. The summed E-state index contributed by atoms with van der Waals surface area (Å²) in [5.41, 5.74) is 1.16. The molecule has 1 amide bonds. The molecule has 0 aliphatic carbocycles. The minimum Gasteiger partial charge on any atom is -0.497 e. The van der Waals surface area contributed by atoms with Crippen LogP contribution in [0.25, 0.3) is 0 Å². The number of hydrogen-bond donors (Lipinski definition) is 1. The fourth-order valence-electron chi connectivity index (χ4n) is 1.72. The van der Waals surface area contributed by atoms with Crippen molar-refractivity contribution >= 4 is 11.6 Å². The first-order valence-corrected chi connectivity index (χ1v) is 6.28. The molecule has 0 radical (unpaired) electrons. The molecular formula is C16H14N2O3. The van der Waals surface area contributed by atoms with Crippen molar-refractivity contribution in [1.82, 2.24) is 0 Å². The Kier molecular flexibility index (Phi) is 4.78. The lowest BCUT2D eigenvalue weighted by atomic mass is 10.2. The number of anilines is 1. The van der Waals surface area contributed by atoms with Gasteiger partial charge in [-0.3, -0.25) is 4.79 Å². The predicted molar refractivity (Wildman–Crippen MR) is 78.5 cm³/mol. The van der Waals surface area contributed by atoms with Gasteiger partial charge in [-0.15, -0.1) is 0 Å². The van der Waals surface area contributed by atoms with Crippen LogP contribution in [0.3, 0.4) is 0 Å². The van der Waals surface area contributed by atoms with E-state index in [9.17, 15) is 4.79 Å². The molecule has 21 heavy (non-hydrogen) atoms. The van der Waals surface area contributed by atoms with E-state index in [-0.39, 0.29) is 12.5 Å². The number of nitrogens with one attached hydrogen (secondary N) is 1. The van der Waals surface area contributed by atoms with Crippen molar-refractivity contribution in [3.63, 3.8) is 0 Å². The van der Waals surface area contributed by atoms with E-state index in [1.165, 1.54) is 0 Å². The topological polar surface area (TPSA) is 71.3 Å². The summed E-state index contributed by atoms with van der Waals surface area (Å²) in [5.74, 6) is 0.985. The number of benzene rings is 2. The highest BCUT2D eigenvalue weighted by atomic mass is 16.5. The molecule has 1 N–H and O–H groups in total. The third-order valence-corrected chi connectivity index (χ3v) is 2.75. The van der Waals surface area contributed by atoms with Crippen molar-refractivity contribution in [3.05, 3.63) is 54.1 Å². The van der Waals surface area contributed by atoms with Crippen LogP contribution in [-0.2, 0) is 0 Å². The third-order valence-electron chi connectivity index (χ3n) is 2.75. The molecule has 0 heterocycles. The molecule has 2 aromatic rings. The van der Waals surface area contributed by atoms with E-state index in [1.807, 2.05) is 6.07 Å². The first-order chi connectivity index (χ1) is 10.2. The Morgan fingerprint density at radius 2 is 1.95 bits per heavy atom. The lowest BCUT2D eigenvalue weighted by Gasteiger charge is -2.07. The molecule has 0 aliphatic heterocycles. The molecule has 2 aromatic carbocycles. The summed E-state index contributed by atoms with van der Waals surface area (Å²) in [7, 11) is 1.55. The van der Waals surface area contributed by atoms with Crippen LogP contribution in [0.4, 0.5) is 5.69 Å². The van der Waals surface area contributed by atoms with Gasteiger partial charge in [-0.1, -0.05) is 6.07 Å². The van der Waals surface area contributed by atoms with Gasteiger partial charge in [0.2, 0.25) is 0 Å². The summed E-state index contributed by atoms with van der Waals surface area (Å²) in [4.78, 5) is 12.1. The van der Waals surface area contributed by atoms with Crippen molar-refractivity contribution in [2.75, 3.05) is 19.0 Å². The van der Waals surface area contributed by atoms with Gasteiger partial charge in [-0.2, -0.15) is 5.26 Å². The predicted octanol–water partition coefficient (Wildman–Crippen LogP) is 2.85. The molecule has 0 bridgehead atoms. The van der Waals surface area contributed by atoms with E-state index >= 15 is 0 Å². The first-order valence-electron chi connectivity index (χ1n) is 6.28. The van der Waals surface area contributed by atoms with Crippen molar-refractivity contribution in [1.29, 1.82) is 5.26 Å². The van der Waals surface area contributed by atoms with Crippen molar-refractivity contribution in [2.45, 2.75) is 0 Å². The zero-order chi connectivity index (χ0) is 15.1. The second kappa shape index (κ2) is 6.96. The van der Waals surface area contributed by atoms with Crippen molar-refractivity contribution in [3.8, 4) is 17.6 Å². The van der Waals surface area contributed by atoms with Gasteiger partial charge < -0.3 is 14.8 Å². The number of hydrogen-bond acceptors (Lipinski definition) is 4. The zero-order valence-electron chi connectivity index (χ0n) is 11.5. The Morgan fingerprint density at radius 1 is 1.19 bits per heavy atom. The monoisotopic (exact) mass is 282 g/mol. The normalized spacial score (nSPS) is 9.52.